The van der Waals surface area contributed by atoms with E-state index in [0.717, 1.165) is 24.3 Å². The maximum atomic E-state index is 9.34. The van der Waals surface area contributed by atoms with Crippen molar-refractivity contribution < 1.29 is 14.6 Å². The van der Waals surface area contributed by atoms with Gasteiger partial charge in [0.15, 0.2) is 0 Å². The van der Waals surface area contributed by atoms with Gasteiger partial charge >= 0.3 is 0 Å². The van der Waals surface area contributed by atoms with Crippen LogP contribution in [0.2, 0.25) is 0 Å². The fourth-order valence-corrected chi connectivity index (χ4v) is 2.97. The minimum absolute atomic E-state index is 0.112. The summed E-state index contributed by atoms with van der Waals surface area (Å²) in [4.78, 5) is 0. The highest BCUT2D eigenvalue weighted by Gasteiger charge is 2.25. The molecule has 0 amide bonds. The zero-order valence-electron chi connectivity index (χ0n) is 17.6. The van der Waals surface area contributed by atoms with Crippen LogP contribution < -0.4 is 9.47 Å². The second-order valence-corrected chi connectivity index (χ2v) is 8.09. The average Bonchev–Trinajstić information content (AvgIpc) is 2.67. The Kier molecular flexibility index (Phi) is 6.94. The molecule has 2 aromatic carbocycles. The quantitative estimate of drug-likeness (QED) is 0.612. The maximum Gasteiger partial charge on any atom is 0.120 e. The molecule has 0 aromatic heterocycles. The van der Waals surface area contributed by atoms with Crippen molar-refractivity contribution in [2.45, 2.75) is 71.5 Å². The van der Waals surface area contributed by atoms with E-state index in [2.05, 4.69) is 71.0 Å². The molecule has 148 valence electrons. The van der Waals surface area contributed by atoms with Crippen LogP contribution in [0.15, 0.2) is 48.5 Å². The summed E-state index contributed by atoms with van der Waals surface area (Å²) in [5.41, 5.74) is 2.22. The van der Waals surface area contributed by atoms with Crippen LogP contribution in [0.3, 0.4) is 0 Å². The van der Waals surface area contributed by atoms with Crippen molar-refractivity contribution in [3.63, 3.8) is 0 Å². The molecule has 27 heavy (non-hydrogen) atoms. The first kappa shape index (κ1) is 21.3. The van der Waals surface area contributed by atoms with E-state index >= 15 is 0 Å². The molecule has 0 bridgehead atoms. The summed E-state index contributed by atoms with van der Waals surface area (Å²) in [5, 5.41) is 9.34. The van der Waals surface area contributed by atoms with E-state index in [1.165, 1.54) is 11.1 Å². The third-order valence-corrected chi connectivity index (χ3v) is 5.50. The summed E-state index contributed by atoms with van der Waals surface area (Å²) in [6.07, 6.45) is 1.50. The predicted molar refractivity (Wildman–Crippen MR) is 112 cm³/mol. The topological polar surface area (TPSA) is 38.7 Å². The summed E-state index contributed by atoms with van der Waals surface area (Å²) >= 11 is 0. The maximum absolute atomic E-state index is 9.34. The van der Waals surface area contributed by atoms with E-state index in [-0.39, 0.29) is 11.0 Å². The summed E-state index contributed by atoms with van der Waals surface area (Å²) in [7, 11) is 0. The van der Waals surface area contributed by atoms with E-state index in [1.807, 2.05) is 12.1 Å². The van der Waals surface area contributed by atoms with Crippen LogP contribution >= 0.6 is 0 Å². The molecule has 0 heterocycles. The molecule has 1 atom stereocenters. The third kappa shape index (κ3) is 5.49. The van der Waals surface area contributed by atoms with Crippen molar-refractivity contribution in [2.75, 3.05) is 6.61 Å². The lowest BCUT2D eigenvalue weighted by Gasteiger charge is -2.30. The van der Waals surface area contributed by atoms with Crippen LogP contribution in [0.5, 0.6) is 11.5 Å². The van der Waals surface area contributed by atoms with Crippen molar-refractivity contribution in [2.24, 2.45) is 0 Å². The normalized spacial score (nSPS) is 13.3. The molecule has 3 heteroatoms. The first-order chi connectivity index (χ1) is 12.7. The van der Waals surface area contributed by atoms with E-state index in [4.69, 9.17) is 9.47 Å². The van der Waals surface area contributed by atoms with Gasteiger partial charge in [-0.2, -0.15) is 0 Å². The van der Waals surface area contributed by atoms with Crippen LogP contribution in [-0.2, 0) is 5.41 Å². The van der Waals surface area contributed by atoms with Crippen LogP contribution in [0, 0.1) is 0 Å². The predicted octanol–water partition coefficient (Wildman–Crippen LogP) is 5.73. The Labute approximate surface area is 164 Å². The Morgan fingerprint density at radius 2 is 1.26 bits per heavy atom. The fourth-order valence-electron chi connectivity index (χ4n) is 2.97. The van der Waals surface area contributed by atoms with Gasteiger partial charge in [0.25, 0.3) is 0 Å². The summed E-state index contributed by atoms with van der Waals surface area (Å²) in [6, 6.07) is 16.6. The first-order valence-corrected chi connectivity index (χ1v) is 9.91. The minimum atomic E-state index is -0.468. The summed E-state index contributed by atoms with van der Waals surface area (Å²) in [5.74, 6) is 1.69. The van der Waals surface area contributed by atoms with Crippen molar-refractivity contribution >= 4 is 0 Å². The SMILES string of the molecule is CCC(C)(CC)Oc1ccc(C(C)(C)c2ccc(OCC(C)O)cc2)cc1. The zero-order valence-corrected chi connectivity index (χ0v) is 17.6. The monoisotopic (exact) mass is 370 g/mol. The van der Waals surface area contributed by atoms with Gasteiger partial charge in [-0.05, 0) is 62.1 Å². The molecule has 3 nitrogen and oxygen atoms in total. The highest BCUT2D eigenvalue weighted by Crippen LogP contribution is 2.34. The second-order valence-electron chi connectivity index (χ2n) is 8.09. The Morgan fingerprint density at radius 3 is 1.67 bits per heavy atom. The van der Waals surface area contributed by atoms with Gasteiger partial charge in [0, 0.05) is 5.41 Å². The number of hydrogen-bond acceptors (Lipinski definition) is 3. The number of rotatable bonds is 9. The lowest BCUT2D eigenvalue weighted by molar-refractivity contribution is 0.0802. The Hall–Kier alpha value is -2.00. The van der Waals surface area contributed by atoms with Crippen LogP contribution in [0.1, 0.15) is 65.5 Å². The highest BCUT2D eigenvalue weighted by atomic mass is 16.5. The molecule has 2 aromatic rings. The zero-order chi connectivity index (χ0) is 20.1. The van der Waals surface area contributed by atoms with Crippen molar-refractivity contribution in [3.8, 4) is 11.5 Å². The summed E-state index contributed by atoms with van der Waals surface area (Å²) in [6.45, 7) is 12.9. The number of benzene rings is 2. The molecule has 0 saturated heterocycles. The number of aliphatic hydroxyl groups excluding tert-OH is 1. The lowest BCUT2D eigenvalue weighted by Crippen LogP contribution is -2.30. The van der Waals surface area contributed by atoms with E-state index in [1.54, 1.807) is 6.92 Å². The smallest absolute Gasteiger partial charge is 0.120 e. The van der Waals surface area contributed by atoms with Gasteiger partial charge in [0.2, 0.25) is 0 Å². The standard InChI is InChI=1S/C24H34O3/c1-7-24(6,8-2)27-22-15-11-20(12-16-22)23(4,5)19-9-13-21(14-10-19)26-17-18(3)25/h9-16,18,25H,7-8,17H2,1-6H3. The van der Waals surface area contributed by atoms with Crippen molar-refractivity contribution in [3.05, 3.63) is 59.7 Å². The van der Waals surface area contributed by atoms with Gasteiger partial charge in [0.05, 0.1) is 6.10 Å². The van der Waals surface area contributed by atoms with E-state index < -0.39 is 6.10 Å². The lowest BCUT2D eigenvalue weighted by atomic mass is 9.78. The highest BCUT2D eigenvalue weighted by molar-refractivity contribution is 5.42. The van der Waals surface area contributed by atoms with Gasteiger partial charge in [-0.3, -0.25) is 0 Å². The van der Waals surface area contributed by atoms with Gasteiger partial charge in [0.1, 0.15) is 23.7 Å². The van der Waals surface area contributed by atoms with E-state index in [9.17, 15) is 5.11 Å². The Bertz CT molecular complexity index is 695. The third-order valence-electron chi connectivity index (χ3n) is 5.50. The van der Waals surface area contributed by atoms with Crippen LogP contribution in [0.25, 0.3) is 0 Å². The van der Waals surface area contributed by atoms with Gasteiger partial charge in [-0.1, -0.05) is 52.0 Å². The van der Waals surface area contributed by atoms with Gasteiger partial charge in [-0.15, -0.1) is 0 Å². The fraction of sp³-hybridized carbons (Fsp3) is 0.500. The molecule has 1 unspecified atom stereocenters. The molecule has 0 saturated carbocycles. The second kappa shape index (κ2) is 8.79. The Balaban J connectivity index is 2.14. The van der Waals surface area contributed by atoms with Crippen molar-refractivity contribution in [1.82, 2.24) is 0 Å². The molecule has 2 rings (SSSR count). The Morgan fingerprint density at radius 1 is 0.815 bits per heavy atom. The molecule has 0 aliphatic rings. The number of ether oxygens (including phenoxy) is 2. The molecular weight excluding hydrogens is 336 g/mol. The molecule has 0 aliphatic heterocycles. The largest absolute Gasteiger partial charge is 0.491 e. The minimum Gasteiger partial charge on any atom is -0.491 e. The average molecular weight is 371 g/mol. The van der Waals surface area contributed by atoms with Gasteiger partial charge < -0.3 is 14.6 Å². The van der Waals surface area contributed by atoms with Crippen LogP contribution in [0.4, 0.5) is 0 Å². The van der Waals surface area contributed by atoms with Gasteiger partial charge in [-0.25, -0.2) is 0 Å². The molecule has 0 spiro atoms. The molecule has 0 aliphatic carbocycles. The van der Waals surface area contributed by atoms with Crippen LogP contribution in [-0.4, -0.2) is 23.4 Å². The molecular formula is C24H34O3. The van der Waals surface area contributed by atoms with E-state index in [0.29, 0.717) is 6.61 Å². The molecule has 0 fully saturated rings. The first-order valence-electron chi connectivity index (χ1n) is 9.91. The molecule has 1 N–H and O–H groups in total. The molecule has 0 radical (unpaired) electrons. The summed E-state index contributed by atoms with van der Waals surface area (Å²) < 4.78 is 11.8. The number of aliphatic hydroxyl groups is 1. The van der Waals surface area contributed by atoms with Crippen molar-refractivity contribution in [1.29, 1.82) is 0 Å². The number of hydrogen-bond donors (Lipinski definition) is 1.